The molecule has 1 fully saturated rings. The molecule has 0 aromatic heterocycles. The Hall–Kier alpha value is -2.87. The van der Waals surface area contributed by atoms with Crippen molar-refractivity contribution in [2.75, 3.05) is 24.4 Å². The molecule has 0 aliphatic carbocycles. The quantitative estimate of drug-likeness (QED) is 0.826. The number of hydrogen-bond donors (Lipinski definition) is 1. The Morgan fingerprint density at radius 2 is 1.82 bits per heavy atom. The summed E-state index contributed by atoms with van der Waals surface area (Å²) >= 11 is 0. The predicted molar refractivity (Wildman–Crippen MR) is 106 cm³/mol. The Morgan fingerprint density at radius 3 is 2.50 bits per heavy atom. The number of nitrogens with zero attached hydrogens (tertiary/aromatic N) is 2. The molecule has 2 aromatic carbocycles. The standard InChI is InChI=1S/C20H23N3O4S/c1-22(17-9-3-2-4-10-17)28(26,27)18-11-5-7-15(13-18)20(25)23-12-6-8-16(14-23)19(21)24/h2-5,7,9-11,13,16H,6,8,12,14H2,1H3,(H2,21,24)/t16-/m0/s1. The van der Waals surface area contributed by atoms with Crippen LogP contribution in [0.5, 0.6) is 0 Å². The van der Waals surface area contributed by atoms with Crippen molar-refractivity contribution in [1.29, 1.82) is 0 Å². The van der Waals surface area contributed by atoms with Gasteiger partial charge in [-0.15, -0.1) is 0 Å². The summed E-state index contributed by atoms with van der Waals surface area (Å²) in [5.41, 5.74) is 6.17. The summed E-state index contributed by atoms with van der Waals surface area (Å²) in [7, 11) is -2.34. The summed E-state index contributed by atoms with van der Waals surface area (Å²) in [6, 6.07) is 14.7. The summed E-state index contributed by atoms with van der Waals surface area (Å²) in [5.74, 6) is -1.09. The SMILES string of the molecule is CN(c1ccccc1)S(=O)(=O)c1cccc(C(=O)N2CCC[C@H](C(N)=O)C2)c1. The van der Waals surface area contributed by atoms with Crippen LogP contribution in [0, 0.1) is 5.92 Å². The second-order valence-electron chi connectivity index (χ2n) is 6.83. The van der Waals surface area contributed by atoms with Crippen molar-refractivity contribution >= 4 is 27.5 Å². The zero-order valence-electron chi connectivity index (χ0n) is 15.6. The van der Waals surface area contributed by atoms with Crippen LogP contribution in [0.15, 0.2) is 59.5 Å². The highest BCUT2D eigenvalue weighted by molar-refractivity contribution is 7.92. The molecule has 148 valence electrons. The molecule has 0 radical (unpaired) electrons. The first kappa shape index (κ1) is 19.9. The average Bonchev–Trinajstić information content (AvgIpc) is 2.73. The summed E-state index contributed by atoms with van der Waals surface area (Å²) in [5, 5.41) is 0. The fraction of sp³-hybridized carbons (Fsp3) is 0.300. The highest BCUT2D eigenvalue weighted by atomic mass is 32.2. The van der Waals surface area contributed by atoms with Gasteiger partial charge in [-0.25, -0.2) is 8.42 Å². The third-order valence-corrected chi connectivity index (χ3v) is 6.75. The third kappa shape index (κ3) is 4.01. The number of para-hydroxylation sites is 1. The van der Waals surface area contributed by atoms with Gasteiger partial charge in [0.1, 0.15) is 0 Å². The number of amides is 2. The highest BCUT2D eigenvalue weighted by Gasteiger charge is 2.28. The van der Waals surface area contributed by atoms with Crippen LogP contribution in [0.2, 0.25) is 0 Å². The van der Waals surface area contributed by atoms with E-state index in [1.165, 1.54) is 23.5 Å². The third-order valence-electron chi connectivity index (χ3n) is 4.97. The minimum Gasteiger partial charge on any atom is -0.369 e. The van der Waals surface area contributed by atoms with Gasteiger partial charge >= 0.3 is 0 Å². The first-order valence-electron chi connectivity index (χ1n) is 9.03. The van der Waals surface area contributed by atoms with E-state index in [1.807, 2.05) is 0 Å². The Balaban J connectivity index is 1.85. The Bertz CT molecular complexity index is 976. The largest absolute Gasteiger partial charge is 0.369 e. The number of benzene rings is 2. The zero-order valence-corrected chi connectivity index (χ0v) is 16.4. The van der Waals surface area contributed by atoms with E-state index in [9.17, 15) is 18.0 Å². The van der Waals surface area contributed by atoms with E-state index in [2.05, 4.69) is 0 Å². The first-order chi connectivity index (χ1) is 13.3. The van der Waals surface area contributed by atoms with Crippen molar-refractivity contribution in [3.63, 3.8) is 0 Å². The van der Waals surface area contributed by atoms with Gasteiger partial charge in [0.2, 0.25) is 5.91 Å². The molecule has 1 aliphatic heterocycles. The fourth-order valence-corrected chi connectivity index (χ4v) is 4.54. The topological polar surface area (TPSA) is 101 Å². The molecule has 1 atom stereocenters. The predicted octanol–water partition coefficient (Wildman–Crippen LogP) is 1.85. The maximum absolute atomic E-state index is 13.0. The maximum Gasteiger partial charge on any atom is 0.264 e. The molecule has 28 heavy (non-hydrogen) atoms. The van der Waals surface area contributed by atoms with E-state index in [-0.39, 0.29) is 28.8 Å². The molecule has 2 N–H and O–H groups in total. The van der Waals surface area contributed by atoms with Gasteiger partial charge in [0.25, 0.3) is 15.9 Å². The van der Waals surface area contributed by atoms with Gasteiger partial charge in [-0.2, -0.15) is 0 Å². The lowest BCUT2D eigenvalue weighted by Gasteiger charge is -2.31. The molecule has 8 heteroatoms. The van der Waals surface area contributed by atoms with Crippen molar-refractivity contribution in [2.45, 2.75) is 17.7 Å². The highest BCUT2D eigenvalue weighted by Crippen LogP contribution is 2.24. The minimum absolute atomic E-state index is 0.0353. The lowest BCUT2D eigenvalue weighted by atomic mass is 9.97. The molecule has 1 saturated heterocycles. The number of anilines is 1. The molecule has 2 amide bonds. The van der Waals surface area contributed by atoms with Gasteiger partial charge in [-0.1, -0.05) is 24.3 Å². The van der Waals surface area contributed by atoms with Crippen molar-refractivity contribution < 1.29 is 18.0 Å². The van der Waals surface area contributed by atoms with Gasteiger partial charge in [-0.3, -0.25) is 13.9 Å². The number of nitrogens with two attached hydrogens (primary N) is 1. The molecule has 3 rings (SSSR count). The van der Waals surface area contributed by atoms with Crippen molar-refractivity contribution in [1.82, 2.24) is 4.90 Å². The van der Waals surface area contributed by atoms with Crippen LogP contribution in [0.3, 0.4) is 0 Å². The van der Waals surface area contributed by atoms with E-state index in [0.29, 0.717) is 25.1 Å². The molecular formula is C20H23N3O4S. The second-order valence-corrected chi connectivity index (χ2v) is 8.80. The Labute approximate surface area is 164 Å². The lowest BCUT2D eigenvalue weighted by Crippen LogP contribution is -2.44. The van der Waals surface area contributed by atoms with Crippen LogP contribution in [-0.4, -0.2) is 45.3 Å². The molecule has 1 aliphatic rings. The number of likely N-dealkylation sites (tertiary alicyclic amines) is 1. The van der Waals surface area contributed by atoms with Crippen LogP contribution < -0.4 is 10.0 Å². The van der Waals surface area contributed by atoms with Crippen LogP contribution >= 0.6 is 0 Å². The molecular weight excluding hydrogens is 378 g/mol. The molecule has 0 unspecified atom stereocenters. The van der Waals surface area contributed by atoms with E-state index >= 15 is 0 Å². The van der Waals surface area contributed by atoms with Crippen molar-refractivity contribution in [2.24, 2.45) is 11.7 Å². The fourth-order valence-electron chi connectivity index (χ4n) is 3.30. The van der Waals surface area contributed by atoms with E-state index in [4.69, 9.17) is 5.73 Å². The lowest BCUT2D eigenvalue weighted by molar-refractivity contribution is -0.123. The van der Waals surface area contributed by atoms with Gasteiger partial charge in [0.15, 0.2) is 0 Å². The number of carbonyl (C=O) groups is 2. The number of hydrogen-bond acceptors (Lipinski definition) is 4. The Morgan fingerprint density at radius 1 is 1.11 bits per heavy atom. The summed E-state index contributed by atoms with van der Waals surface area (Å²) in [6.07, 6.45) is 1.35. The van der Waals surface area contributed by atoms with Crippen molar-refractivity contribution in [3.8, 4) is 0 Å². The number of sulfonamides is 1. The number of piperidine rings is 1. The molecule has 7 nitrogen and oxygen atoms in total. The van der Waals surface area contributed by atoms with Gasteiger partial charge in [0.05, 0.1) is 16.5 Å². The van der Waals surface area contributed by atoms with Crippen LogP contribution in [0.1, 0.15) is 23.2 Å². The summed E-state index contributed by atoms with van der Waals surface area (Å²) in [6.45, 7) is 0.776. The van der Waals surface area contributed by atoms with Crippen LogP contribution in [-0.2, 0) is 14.8 Å². The smallest absolute Gasteiger partial charge is 0.264 e. The van der Waals surface area contributed by atoms with Crippen molar-refractivity contribution in [3.05, 3.63) is 60.2 Å². The molecule has 2 aromatic rings. The van der Waals surface area contributed by atoms with E-state index in [1.54, 1.807) is 47.4 Å². The average molecular weight is 401 g/mol. The molecule has 1 heterocycles. The number of primary amides is 1. The number of carbonyl (C=O) groups excluding carboxylic acids is 2. The minimum atomic E-state index is -3.81. The zero-order chi connectivity index (χ0) is 20.3. The van der Waals surface area contributed by atoms with Gasteiger partial charge in [-0.05, 0) is 43.2 Å². The monoisotopic (exact) mass is 401 g/mol. The normalized spacial score (nSPS) is 17.2. The van der Waals surface area contributed by atoms with Gasteiger partial charge in [0, 0.05) is 25.7 Å². The van der Waals surface area contributed by atoms with E-state index < -0.39 is 15.9 Å². The number of rotatable bonds is 5. The van der Waals surface area contributed by atoms with Crippen LogP contribution in [0.4, 0.5) is 5.69 Å². The van der Waals surface area contributed by atoms with Crippen LogP contribution in [0.25, 0.3) is 0 Å². The molecule has 0 saturated carbocycles. The molecule has 0 bridgehead atoms. The molecule has 0 spiro atoms. The maximum atomic E-state index is 13.0. The Kier molecular flexibility index (Phi) is 5.69. The second kappa shape index (κ2) is 8.02. The van der Waals surface area contributed by atoms with Gasteiger partial charge < -0.3 is 10.6 Å². The first-order valence-corrected chi connectivity index (χ1v) is 10.5. The summed E-state index contributed by atoms with van der Waals surface area (Å²) in [4.78, 5) is 25.9. The van der Waals surface area contributed by atoms with E-state index in [0.717, 1.165) is 0 Å². The summed E-state index contributed by atoms with van der Waals surface area (Å²) < 4.78 is 27.1.